The van der Waals surface area contributed by atoms with E-state index in [-0.39, 0.29) is 17.7 Å². The number of hydrogen-bond acceptors (Lipinski definition) is 6. The summed E-state index contributed by atoms with van der Waals surface area (Å²) < 4.78 is 5.70. The van der Waals surface area contributed by atoms with Gasteiger partial charge in [-0.3, -0.25) is 10.2 Å². The Bertz CT molecular complexity index is 1090. The summed E-state index contributed by atoms with van der Waals surface area (Å²) in [4.78, 5) is 16.6. The van der Waals surface area contributed by atoms with E-state index < -0.39 is 0 Å². The predicted octanol–water partition coefficient (Wildman–Crippen LogP) is 4.12. The highest BCUT2D eigenvalue weighted by Crippen LogP contribution is 2.24. The minimum atomic E-state index is -0.324. The van der Waals surface area contributed by atoms with Crippen molar-refractivity contribution in [1.29, 1.82) is 10.8 Å². The number of pyridine rings is 1. The number of hydrogen-bond donors (Lipinski definition) is 4. The van der Waals surface area contributed by atoms with Crippen LogP contribution in [-0.4, -0.2) is 28.9 Å². The fourth-order valence-corrected chi connectivity index (χ4v) is 2.83. The van der Waals surface area contributed by atoms with Crippen LogP contribution in [0.15, 0.2) is 60.8 Å². The van der Waals surface area contributed by atoms with Crippen molar-refractivity contribution in [1.82, 2.24) is 4.98 Å². The number of aromatic nitrogens is 1. The van der Waals surface area contributed by atoms with Gasteiger partial charge in [0.2, 0.25) is 0 Å². The van der Waals surface area contributed by atoms with E-state index in [1.54, 1.807) is 54.6 Å². The van der Waals surface area contributed by atoms with E-state index in [2.05, 4.69) is 10.3 Å². The first-order valence-electron chi connectivity index (χ1n) is 9.41. The van der Waals surface area contributed by atoms with Gasteiger partial charge in [-0.25, -0.2) is 4.98 Å². The van der Waals surface area contributed by atoms with Crippen molar-refractivity contribution in [2.45, 2.75) is 20.0 Å². The molecule has 1 aromatic heterocycles. The molecule has 7 heteroatoms. The van der Waals surface area contributed by atoms with Gasteiger partial charge >= 0.3 is 0 Å². The molecule has 0 atom stereocenters. The number of nitrogens with zero attached hydrogens (tertiary/aromatic N) is 1. The Balaban J connectivity index is 1.81. The van der Waals surface area contributed by atoms with Gasteiger partial charge in [-0.2, -0.15) is 0 Å². The van der Waals surface area contributed by atoms with E-state index in [4.69, 9.17) is 21.3 Å². The van der Waals surface area contributed by atoms with Gasteiger partial charge in [0.15, 0.2) is 0 Å². The molecular formula is C23H23N5O2. The molecule has 1 heterocycles. The maximum atomic E-state index is 12.5. The Kier molecular flexibility index (Phi) is 6.22. The first-order valence-corrected chi connectivity index (χ1v) is 9.41. The molecule has 0 radical (unpaired) electrons. The average Bonchev–Trinajstić information content (AvgIpc) is 2.74. The molecule has 0 aliphatic rings. The summed E-state index contributed by atoms with van der Waals surface area (Å²) in [5.41, 5.74) is 9.01. The third kappa shape index (κ3) is 4.88. The number of nitrogen functional groups attached to an aromatic ring is 1. The van der Waals surface area contributed by atoms with Crippen LogP contribution in [0, 0.1) is 10.8 Å². The quantitative estimate of drug-likeness (QED) is 0.351. The molecule has 2 aromatic carbocycles. The van der Waals surface area contributed by atoms with Crippen LogP contribution < -0.4 is 15.8 Å². The van der Waals surface area contributed by atoms with Gasteiger partial charge in [0.1, 0.15) is 11.6 Å². The fraction of sp³-hybridized carbons (Fsp3) is 0.130. The topological polar surface area (TPSA) is 125 Å². The summed E-state index contributed by atoms with van der Waals surface area (Å²) in [6, 6.07) is 15.2. The number of amides is 1. The Morgan fingerprint density at radius 3 is 2.50 bits per heavy atom. The zero-order valence-electron chi connectivity index (χ0n) is 16.8. The largest absolute Gasteiger partial charge is 0.491 e. The van der Waals surface area contributed by atoms with E-state index in [1.807, 2.05) is 13.8 Å². The summed E-state index contributed by atoms with van der Waals surface area (Å²) in [5, 5.41) is 18.5. The van der Waals surface area contributed by atoms with Crippen molar-refractivity contribution in [2.24, 2.45) is 0 Å². The number of anilines is 2. The maximum absolute atomic E-state index is 12.5. The average molecular weight is 401 g/mol. The van der Waals surface area contributed by atoms with Crippen molar-refractivity contribution in [3.8, 4) is 5.75 Å². The van der Waals surface area contributed by atoms with Crippen LogP contribution in [0.3, 0.4) is 0 Å². The fourth-order valence-electron chi connectivity index (χ4n) is 2.83. The molecule has 5 N–H and O–H groups in total. The van der Waals surface area contributed by atoms with Crippen molar-refractivity contribution in [3.05, 3.63) is 83.0 Å². The third-order valence-corrected chi connectivity index (χ3v) is 4.30. The summed E-state index contributed by atoms with van der Waals surface area (Å²) in [6.45, 7) is 3.86. The number of nitrogens with one attached hydrogen (secondary N) is 3. The summed E-state index contributed by atoms with van der Waals surface area (Å²) in [7, 11) is 0. The summed E-state index contributed by atoms with van der Waals surface area (Å²) in [5.74, 6) is 0.635. The number of rotatable bonds is 7. The maximum Gasteiger partial charge on any atom is 0.256 e. The molecule has 1 amide bonds. The van der Waals surface area contributed by atoms with Crippen LogP contribution in [0.25, 0.3) is 0 Å². The second kappa shape index (κ2) is 9.00. The second-order valence-corrected chi connectivity index (χ2v) is 6.94. The Hall–Kier alpha value is -4.00. The molecule has 0 saturated carbocycles. The molecule has 0 bridgehead atoms. The first-order chi connectivity index (χ1) is 14.4. The van der Waals surface area contributed by atoms with Crippen molar-refractivity contribution in [2.75, 3.05) is 11.1 Å². The molecule has 3 rings (SSSR count). The normalized spacial score (nSPS) is 10.5. The Morgan fingerprint density at radius 1 is 1.10 bits per heavy atom. The van der Waals surface area contributed by atoms with E-state index in [0.29, 0.717) is 39.5 Å². The Morgan fingerprint density at radius 2 is 1.83 bits per heavy atom. The van der Waals surface area contributed by atoms with Gasteiger partial charge in [-0.1, -0.05) is 12.1 Å². The summed E-state index contributed by atoms with van der Waals surface area (Å²) >= 11 is 0. The summed E-state index contributed by atoms with van der Waals surface area (Å²) in [6.07, 6.45) is 2.75. The number of nitrogens with two attached hydrogens (primary N) is 1. The Labute approximate surface area is 174 Å². The molecular weight excluding hydrogens is 378 g/mol. The minimum absolute atomic E-state index is 0.00599. The van der Waals surface area contributed by atoms with E-state index in [9.17, 15) is 4.79 Å². The molecule has 0 fully saturated rings. The molecule has 152 valence electrons. The molecule has 7 nitrogen and oxygen atoms in total. The van der Waals surface area contributed by atoms with E-state index in [0.717, 1.165) is 0 Å². The molecule has 0 spiro atoms. The second-order valence-electron chi connectivity index (χ2n) is 6.94. The molecule has 0 aliphatic carbocycles. The highest BCUT2D eigenvalue weighted by atomic mass is 16.5. The van der Waals surface area contributed by atoms with E-state index >= 15 is 0 Å². The van der Waals surface area contributed by atoms with Crippen molar-refractivity contribution < 1.29 is 9.53 Å². The number of benzene rings is 2. The number of carbonyl (C=O) groups is 1. The molecule has 0 saturated heterocycles. The van der Waals surface area contributed by atoms with Crippen LogP contribution in [0.2, 0.25) is 0 Å². The van der Waals surface area contributed by atoms with Crippen LogP contribution in [-0.2, 0) is 0 Å². The van der Waals surface area contributed by atoms with Gasteiger partial charge in [0.05, 0.1) is 11.8 Å². The lowest BCUT2D eigenvalue weighted by Gasteiger charge is -2.14. The molecule has 3 aromatic rings. The zero-order valence-corrected chi connectivity index (χ0v) is 16.8. The van der Waals surface area contributed by atoms with Gasteiger partial charge < -0.3 is 21.2 Å². The SMILES string of the molecule is CC(C)Oc1ccc(N)c(C(=N)c2ccnc(NC(=O)c3ccc(C=N)cc3)c2)c1. The van der Waals surface area contributed by atoms with Crippen LogP contribution in [0.5, 0.6) is 5.75 Å². The number of carbonyl (C=O) groups excluding carboxylic acids is 1. The van der Waals surface area contributed by atoms with Crippen molar-refractivity contribution >= 4 is 29.3 Å². The predicted molar refractivity (Wildman–Crippen MR) is 119 cm³/mol. The van der Waals surface area contributed by atoms with Gasteiger partial charge in [-0.05, 0) is 61.9 Å². The highest BCUT2D eigenvalue weighted by molar-refractivity contribution is 6.14. The minimum Gasteiger partial charge on any atom is -0.491 e. The van der Waals surface area contributed by atoms with Gasteiger partial charge in [0.25, 0.3) is 5.91 Å². The lowest BCUT2D eigenvalue weighted by molar-refractivity contribution is 0.102. The lowest BCUT2D eigenvalue weighted by atomic mass is 10.0. The van der Waals surface area contributed by atoms with Crippen LogP contribution in [0.4, 0.5) is 11.5 Å². The smallest absolute Gasteiger partial charge is 0.256 e. The molecule has 0 aliphatic heterocycles. The standard InChI is InChI=1S/C23H23N5O2/c1-14(2)30-18-7-8-20(25)19(12-18)22(26)17-9-10-27-21(11-17)28-23(29)16-5-3-15(13-24)4-6-16/h3-14,24,26H,25H2,1-2H3,(H,27,28,29). The zero-order chi connectivity index (χ0) is 21.7. The first kappa shape index (κ1) is 20.7. The third-order valence-electron chi connectivity index (χ3n) is 4.30. The van der Waals surface area contributed by atoms with Gasteiger partial charge in [-0.15, -0.1) is 0 Å². The monoisotopic (exact) mass is 401 g/mol. The van der Waals surface area contributed by atoms with Crippen LogP contribution >= 0.6 is 0 Å². The highest BCUT2D eigenvalue weighted by Gasteiger charge is 2.13. The molecule has 30 heavy (non-hydrogen) atoms. The number of ether oxygens (including phenoxy) is 1. The van der Waals surface area contributed by atoms with Crippen LogP contribution in [0.1, 0.15) is 40.9 Å². The van der Waals surface area contributed by atoms with Gasteiger partial charge in [0, 0.05) is 34.8 Å². The van der Waals surface area contributed by atoms with E-state index in [1.165, 1.54) is 12.4 Å². The lowest BCUT2D eigenvalue weighted by Crippen LogP contribution is -2.14. The molecule has 0 unspecified atom stereocenters. The van der Waals surface area contributed by atoms with Crippen molar-refractivity contribution in [3.63, 3.8) is 0 Å².